The number of hydrogen-bond donors (Lipinski definition) is 4. The van der Waals surface area contributed by atoms with Gasteiger partial charge in [-0.2, -0.15) is 5.21 Å². The number of alkyl carbamates (subject to hydrolysis) is 1. The number of pyridine rings is 1. The molecule has 0 radical (unpaired) electrons. The summed E-state index contributed by atoms with van der Waals surface area (Å²) in [6.45, 7) is 7.89. The molecular weight excluding hydrogens is 652 g/mol. The van der Waals surface area contributed by atoms with Crippen molar-refractivity contribution in [2.24, 2.45) is 5.73 Å². The van der Waals surface area contributed by atoms with E-state index in [2.05, 4.69) is 36.2 Å². The van der Waals surface area contributed by atoms with Gasteiger partial charge in [-0.05, 0) is 42.3 Å². The monoisotopic (exact) mass is 693 g/mol. The number of anilines is 2. The molecule has 0 aliphatic carbocycles. The van der Waals surface area contributed by atoms with Crippen molar-refractivity contribution in [2.75, 3.05) is 57.0 Å². The molecule has 1 aliphatic heterocycles. The quantitative estimate of drug-likeness (QED) is 0.166. The van der Waals surface area contributed by atoms with E-state index in [1.54, 1.807) is 24.3 Å². The number of thiazole rings is 1. The minimum Gasteiger partial charge on any atom is -0.444 e. The van der Waals surface area contributed by atoms with Crippen LogP contribution in [0.15, 0.2) is 28.5 Å². The first-order valence-corrected chi connectivity index (χ1v) is 16.6. The van der Waals surface area contributed by atoms with E-state index in [0.29, 0.717) is 53.5 Å². The number of piperidine rings is 1. The Morgan fingerprint density at radius 1 is 1.22 bits per heavy atom. The zero-order chi connectivity index (χ0) is 35.3. The highest BCUT2D eigenvalue weighted by Crippen LogP contribution is 2.27. The Labute approximate surface area is 286 Å². The van der Waals surface area contributed by atoms with E-state index in [0.717, 1.165) is 5.69 Å². The maximum Gasteiger partial charge on any atom is 0.407 e. The van der Waals surface area contributed by atoms with Crippen LogP contribution in [0, 0.1) is 0 Å². The minimum atomic E-state index is -0.583. The van der Waals surface area contributed by atoms with E-state index in [1.165, 1.54) is 21.9 Å². The van der Waals surface area contributed by atoms with Crippen molar-refractivity contribution in [2.45, 2.75) is 45.1 Å². The Balaban J connectivity index is 1.38. The van der Waals surface area contributed by atoms with Crippen LogP contribution < -0.4 is 26.8 Å². The molecule has 49 heavy (non-hydrogen) atoms. The molecule has 4 aromatic heterocycles. The Morgan fingerprint density at radius 3 is 2.71 bits per heavy atom. The highest BCUT2D eigenvalue weighted by atomic mass is 32.1. The number of nitrogens with one attached hydrogen (secondary N) is 3. The lowest BCUT2D eigenvalue weighted by molar-refractivity contribution is -0.881. The van der Waals surface area contributed by atoms with Gasteiger partial charge in [-0.15, -0.1) is 21.5 Å². The van der Waals surface area contributed by atoms with Gasteiger partial charge >= 0.3 is 6.09 Å². The number of fused-ring (bicyclic) bond motifs is 1. The van der Waals surface area contributed by atoms with Crippen molar-refractivity contribution < 1.29 is 23.6 Å². The predicted molar refractivity (Wildman–Crippen MR) is 184 cm³/mol. The number of carbonyl (C=O) groups is 3. The fraction of sp³-hybridized carbons (Fsp3) is 0.452. The standard InChI is InChI=1S/C31H40N12O5S/c1-31(2,3)22-18-49-29(34-22)36-27(45)19-10-13-42-25(15-19)35-26(21(28(42)46)8-9-24-37-39-40-38-24)41-12-6-7-20(16-41)48-30(47)33-11-14-43(4,5)17-23(32)44/h8-10,13,15,18,20H,6-7,11-12,14,16-17H2,1-5H3,(H4-,32,33,34,36,37,38,39,40,44,45,47)/p+1/t20-/m0/s1. The largest absolute Gasteiger partial charge is 0.444 e. The van der Waals surface area contributed by atoms with Gasteiger partial charge in [0.15, 0.2) is 17.5 Å². The number of primary amides is 1. The van der Waals surface area contributed by atoms with Crippen LogP contribution >= 0.6 is 11.3 Å². The molecule has 5 N–H and O–H groups in total. The van der Waals surface area contributed by atoms with Gasteiger partial charge in [0, 0.05) is 29.1 Å². The summed E-state index contributed by atoms with van der Waals surface area (Å²) in [5, 5.41) is 21.8. The number of tetrazole rings is 1. The second-order valence-corrected chi connectivity index (χ2v) is 14.3. The number of aromatic amines is 1. The van der Waals surface area contributed by atoms with Gasteiger partial charge in [0.25, 0.3) is 17.4 Å². The van der Waals surface area contributed by atoms with Gasteiger partial charge in [-0.1, -0.05) is 20.8 Å². The number of aromatic nitrogens is 7. The SMILES string of the molecule is CC(C)(C)c1csc(NC(=O)c2ccn3c(=O)c(C=Cc4nn[nH]n4)c(N4CCC[C@H](OC(=O)NCC[N+](C)(C)CC(N)=O)C4)nc3c2)n1. The van der Waals surface area contributed by atoms with Gasteiger partial charge in [-0.25, -0.2) is 14.8 Å². The Kier molecular flexibility index (Phi) is 10.4. The molecule has 0 unspecified atom stereocenters. The number of amides is 3. The van der Waals surface area contributed by atoms with Crippen molar-refractivity contribution in [3.05, 3.63) is 56.7 Å². The smallest absolute Gasteiger partial charge is 0.407 e. The molecule has 0 aromatic carbocycles. The lowest BCUT2D eigenvalue weighted by Crippen LogP contribution is -2.50. The van der Waals surface area contributed by atoms with Gasteiger partial charge in [0.1, 0.15) is 17.6 Å². The van der Waals surface area contributed by atoms with E-state index in [-0.39, 0.29) is 47.0 Å². The molecule has 1 aliphatic rings. The van der Waals surface area contributed by atoms with Crippen molar-refractivity contribution in [1.29, 1.82) is 0 Å². The maximum absolute atomic E-state index is 13.9. The molecule has 5 heterocycles. The fourth-order valence-electron chi connectivity index (χ4n) is 5.29. The summed E-state index contributed by atoms with van der Waals surface area (Å²) in [4.78, 5) is 62.4. The van der Waals surface area contributed by atoms with Crippen molar-refractivity contribution in [3.8, 4) is 0 Å². The Hall–Kier alpha value is -5.23. The number of nitrogens with zero attached hydrogens (tertiary/aromatic N) is 8. The number of hydrogen-bond acceptors (Lipinski definition) is 12. The lowest BCUT2D eigenvalue weighted by atomic mass is 9.93. The fourth-order valence-corrected chi connectivity index (χ4v) is 6.22. The molecule has 3 amide bonds. The lowest BCUT2D eigenvalue weighted by Gasteiger charge is -2.34. The summed E-state index contributed by atoms with van der Waals surface area (Å²) in [6.07, 6.45) is 4.84. The third kappa shape index (κ3) is 9.02. The number of rotatable bonds is 11. The highest BCUT2D eigenvalue weighted by molar-refractivity contribution is 7.14. The third-order valence-electron chi connectivity index (χ3n) is 7.88. The summed E-state index contributed by atoms with van der Waals surface area (Å²) in [6, 6.07) is 3.10. The molecule has 1 fully saturated rings. The molecule has 5 rings (SSSR count). The molecule has 0 bridgehead atoms. The first-order valence-electron chi connectivity index (χ1n) is 15.7. The zero-order valence-corrected chi connectivity index (χ0v) is 28.9. The van der Waals surface area contributed by atoms with Crippen LogP contribution in [0.1, 0.15) is 61.1 Å². The van der Waals surface area contributed by atoms with Gasteiger partial charge < -0.3 is 25.2 Å². The van der Waals surface area contributed by atoms with Crippen LogP contribution in [0.3, 0.4) is 0 Å². The van der Waals surface area contributed by atoms with Crippen LogP contribution in [0.2, 0.25) is 0 Å². The average molecular weight is 694 g/mol. The molecule has 0 saturated carbocycles. The molecule has 1 atom stereocenters. The minimum absolute atomic E-state index is 0.146. The third-order valence-corrected chi connectivity index (χ3v) is 8.64. The van der Waals surface area contributed by atoms with Crippen LogP contribution in [-0.4, -0.2) is 110 Å². The van der Waals surface area contributed by atoms with E-state index < -0.39 is 18.1 Å². The van der Waals surface area contributed by atoms with Gasteiger partial charge in [0.05, 0.1) is 45.0 Å². The van der Waals surface area contributed by atoms with Crippen molar-refractivity contribution in [3.63, 3.8) is 0 Å². The predicted octanol–water partition coefficient (Wildman–Crippen LogP) is 1.64. The number of H-pyrrole nitrogens is 1. The van der Waals surface area contributed by atoms with Crippen molar-refractivity contribution in [1.82, 2.24) is 40.3 Å². The van der Waals surface area contributed by atoms with E-state index in [4.69, 9.17) is 15.5 Å². The highest BCUT2D eigenvalue weighted by Gasteiger charge is 2.28. The summed E-state index contributed by atoms with van der Waals surface area (Å²) < 4.78 is 7.42. The number of ether oxygens (including phenoxy) is 1. The number of likely N-dealkylation sites (N-methyl/N-ethyl adjacent to an activating group) is 1. The van der Waals surface area contributed by atoms with Crippen molar-refractivity contribution >= 4 is 58.0 Å². The number of carbonyl (C=O) groups excluding carboxylic acids is 3. The second kappa shape index (κ2) is 14.5. The van der Waals surface area contributed by atoms with Crippen LogP contribution in [0.5, 0.6) is 0 Å². The van der Waals surface area contributed by atoms with Crippen LogP contribution in [0.4, 0.5) is 15.7 Å². The molecule has 17 nitrogen and oxygen atoms in total. The van der Waals surface area contributed by atoms with Gasteiger partial charge in [0.2, 0.25) is 0 Å². The Morgan fingerprint density at radius 2 is 2.02 bits per heavy atom. The Bertz CT molecular complexity index is 1910. The first-order chi connectivity index (χ1) is 23.2. The molecular formula is C31H41N12O5S+. The van der Waals surface area contributed by atoms with E-state index in [9.17, 15) is 19.2 Å². The van der Waals surface area contributed by atoms with E-state index >= 15 is 0 Å². The van der Waals surface area contributed by atoms with Gasteiger partial charge in [-0.3, -0.25) is 24.1 Å². The summed E-state index contributed by atoms with van der Waals surface area (Å²) in [5.41, 5.74) is 6.47. The molecule has 0 spiro atoms. The topological polar surface area (TPSA) is 215 Å². The second-order valence-electron chi connectivity index (χ2n) is 13.5. The summed E-state index contributed by atoms with van der Waals surface area (Å²) >= 11 is 1.34. The molecule has 18 heteroatoms. The molecule has 260 valence electrons. The summed E-state index contributed by atoms with van der Waals surface area (Å²) in [5.74, 6) is -0.179. The first kappa shape index (κ1) is 35.1. The maximum atomic E-state index is 13.9. The van der Waals surface area contributed by atoms with Crippen LogP contribution in [-0.2, 0) is 14.9 Å². The van der Waals surface area contributed by atoms with E-state index in [1.807, 2.05) is 45.1 Å². The number of quaternary nitrogens is 1. The summed E-state index contributed by atoms with van der Waals surface area (Å²) in [7, 11) is 3.69. The zero-order valence-electron chi connectivity index (χ0n) is 28.1. The normalized spacial score (nSPS) is 15.4. The van der Waals surface area contributed by atoms with Crippen LogP contribution in [0.25, 0.3) is 17.8 Å². The average Bonchev–Trinajstić information content (AvgIpc) is 3.72. The molecule has 1 saturated heterocycles. The molecule has 4 aromatic rings. The number of nitrogens with two attached hydrogens (primary N) is 1.